The zero-order chi connectivity index (χ0) is 14.5. The molecule has 2 aromatic rings. The highest BCUT2D eigenvalue weighted by Crippen LogP contribution is 2.24. The number of hydrogen-bond acceptors (Lipinski definition) is 3. The summed E-state index contributed by atoms with van der Waals surface area (Å²) >= 11 is 3.45. The number of furan rings is 1. The molecule has 0 saturated heterocycles. The Hall–Kier alpha value is -1.10. The maximum absolute atomic E-state index is 10.3. The predicted molar refractivity (Wildman–Crippen MR) is 83.6 cm³/mol. The maximum Gasteiger partial charge on any atom is 0.134 e. The minimum atomic E-state index is -0.436. The van der Waals surface area contributed by atoms with E-state index >= 15 is 0 Å². The first-order valence-corrected chi connectivity index (χ1v) is 7.58. The van der Waals surface area contributed by atoms with Gasteiger partial charge in [0.1, 0.15) is 5.76 Å². The Balaban J connectivity index is 1.91. The lowest BCUT2D eigenvalue weighted by Crippen LogP contribution is -2.39. The Morgan fingerprint density at radius 1 is 1.20 bits per heavy atom. The molecule has 108 valence electrons. The van der Waals surface area contributed by atoms with Crippen molar-refractivity contribution in [2.75, 3.05) is 0 Å². The Bertz CT molecular complexity index is 526. The number of nitrogens with one attached hydrogen (secondary N) is 1. The van der Waals surface area contributed by atoms with Crippen LogP contribution in [0.4, 0.5) is 0 Å². The summed E-state index contributed by atoms with van der Waals surface area (Å²) in [6.07, 6.45) is 1.86. The summed E-state index contributed by atoms with van der Waals surface area (Å²) in [5, 5.41) is 13.7. The average molecular weight is 338 g/mol. The van der Waals surface area contributed by atoms with E-state index in [0.717, 1.165) is 15.8 Å². The molecule has 20 heavy (non-hydrogen) atoms. The van der Waals surface area contributed by atoms with Crippen LogP contribution in [0.25, 0.3) is 0 Å². The molecule has 0 aliphatic heterocycles. The molecular weight excluding hydrogens is 318 g/mol. The summed E-state index contributed by atoms with van der Waals surface area (Å²) in [5.74, 6) is 0.851. The van der Waals surface area contributed by atoms with Crippen LogP contribution in [0.5, 0.6) is 0 Å². The first-order chi connectivity index (χ1) is 9.58. The molecule has 3 nitrogen and oxygen atoms in total. The van der Waals surface area contributed by atoms with Crippen LogP contribution in [-0.4, -0.2) is 17.3 Å². The second kappa shape index (κ2) is 7.07. The summed E-state index contributed by atoms with van der Waals surface area (Å²) < 4.78 is 6.38. The summed E-state index contributed by atoms with van der Waals surface area (Å²) in [7, 11) is 0. The number of hydrogen-bond donors (Lipinski definition) is 2. The Morgan fingerprint density at radius 3 is 2.50 bits per heavy atom. The van der Waals surface area contributed by atoms with E-state index in [1.807, 2.05) is 50.2 Å². The highest BCUT2D eigenvalue weighted by Gasteiger charge is 2.20. The lowest BCUT2D eigenvalue weighted by Gasteiger charge is -2.23. The number of aliphatic hydroxyl groups excluding tert-OH is 1. The molecule has 2 N–H and O–H groups in total. The van der Waals surface area contributed by atoms with Crippen molar-refractivity contribution in [1.82, 2.24) is 5.32 Å². The summed E-state index contributed by atoms with van der Waals surface area (Å²) in [4.78, 5) is 0. The lowest BCUT2D eigenvalue weighted by atomic mass is 10.0. The zero-order valence-corrected chi connectivity index (χ0v) is 13.3. The molecule has 1 aromatic heterocycles. The molecule has 0 aliphatic rings. The van der Waals surface area contributed by atoms with Gasteiger partial charge in [-0.05, 0) is 47.8 Å². The first kappa shape index (κ1) is 15.3. The van der Waals surface area contributed by atoms with Crippen LogP contribution < -0.4 is 5.32 Å². The second-order valence-corrected chi connectivity index (χ2v) is 5.92. The maximum atomic E-state index is 10.3. The van der Waals surface area contributed by atoms with Gasteiger partial charge in [0.2, 0.25) is 0 Å². The van der Waals surface area contributed by atoms with Crippen molar-refractivity contribution in [2.45, 2.75) is 38.5 Å². The van der Waals surface area contributed by atoms with E-state index in [9.17, 15) is 5.11 Å². The largest absolute Gasteiger partial charge is 0.466 e. The summed E-state index contributed by atoms with van der Waals surface area (Å²) in [6.45, 7) is 4.01. The van der Waals surface area contributed by atoms with Crippen LogP contribution in [0, 0.1) is 0 Å². The first-order valence-electron chi connectivity index (χ1n) is 6.79. The fourth-order valence-corrected chi connectivity index (χ4v) is 2.77. The van der Waals surface area contributed by atoms with E-state index in [0.29, 0.717) is 6.42 Å². The lowest BCUT2D eigenvalue weighted by molar-refractivity contribution is 0.127. The van der Waals surface area contributed by atoms with Crippen LogP contribution in [0.1, 0.15) is 31.2 Å². The van der Waals surface area contributed by atoms with Crippen molar-refractivity contribution in [3.63, 3.8) is 0 Å². The molecule has 0 spiro atoms. The molecule has 0 aliphatic carbocycles. The normalized spacial score (nSPS) is 15.8. The van der Waals surface area contributed by atoms with E-state index in [1.54, 1.807) is 6.26 Å². The van der Waals surface area contributed by atoms with E-state index in [4.69, 9.17) is 4.42 Å². The third kappa shape index (κ3) is 3.95. The Kier molecular flexibility index (Phi) is 5.40. The SMILES string of the molecule is CC(NC(C)C(O)Cc1ccccc1)c1occc1Br. The van der Waals surface area contributed by atoms with Crippen molar-refractivity contribution < 1.29 is 9.52 Å². The van der Waals surface area contributed by atoms with Crippen LogP contribution in [0.2, 0.25) is 0 Å². The number of benzene rings is 1. The van der Waals surface area contributed by atoms with Gasteiger partial charge in [-0.25, -0.2) is 0 Å². The van der Waals surface area contributed by atoms with E-state index in [-0.39, 0.29) is 12.1 Å². The molecule has 0 saturated carbocycles. The van der Waals surface area contributed by atoms with Crippen LogP contribution in [-0.2, 0) is 6.42 Å². The van der Waals surface area contributed by atoms with Gasteiger partial charge in [-0.2, -0.15) is 0 Å². The molecular formula is C16H20BrNO2. The smallest absolute Gasteiger partial charge is 0.134 e. The zero-order valence-electron chi connectivity index (χ0n) is 11.7. The molecule has 0 fully saturated rings. The Morgan fingerprint density at radius 2 is 1.90 bits per heavy atom. The van der Waals surface area contributed by atoms with Crippen LogP contribution >= 0.6 is 15.9 Å². The minimum Gasteiger partial charge on any atom is -0.466 e. The standard InChI is InChI=1S/C16H20BrNO2/c1-11(15(19)10-13-6-4-3-5-7-13)18-12(2)16-14(17)8-9-20-16/h3-9,11-12,15,18-19H,10H2,1-2H3. The van der Waals surface area contributed by atoms with Gasteiger partial charge in [-0.15, -0.1) is 0 Å². The molecule has 1 heterocycles. The summed E-state index contributed by atoms with van der Waals surface area (Å²) in [6, 6.07) is 11.9. The van der Waals surface area contributed by atoms with Gasteiger partial charge >= 0.3 is 0 Å². The minimum absolute atomic E-state index is 0.0257. The molecule has 4 heteroatoms. The van der Waals surface area contributed by atoms with E-state index in [2.05, 4.69) is 21.2 Å². The summed E-state index contributed by atoms with van der Waals surface area (Å²) in [5.41, 5.74) is 1.14. The molecule has 0 amide bonds. The Labute approximate surface area is 128 Å². The monoisotopic (exact) mass is 337 g/mol. The number of aliphatic hydroxyl groups is 1. The highest BCUT2D eigenvalue weighted by atomic mass is 79.9. The molecule has 3 unspecified atom stereocenters. The quantitative estimate of drug-likeness (QED) is 0.844. The van der Waals surface area contributed by atoms with Crippen LogP contribution in [0.3, 0.4) is 0 Å². The van der Waals surface area contributed by atoms with Crippen molar-refractivity contribution in [2.24, 2.45) is 0 Å². The molecule has 1 aromatic carbocycles. The van der Waals surface area contributed by atoms with Gasteiger partial charge in [-0.3, -0.25) is 0 Å². The second-order valence-electron chi connectivity index (χ2n) is 5.07. The third-order valence-corrected chi connectivity index (χ3v) is 4.07. The van der Waals surface area contributed by atoms with Gasteiger partial charge in [0, 0.05) is 6.04 Å². The van der Waals surface area contributed by atoms with Crippen molar-refractivity contribution in [1.29, 1.82) is 0 Å². The molecule has 0 bridgehead atoms. The molecule has 2 rings (SSSR count). The fourth-order valence-electron chi connectivity index (χ4n) is 2.23. The molecule has 0 radical (unpaired) electrons. The van der Waals surface area contributed by atoms with Crippen molar-refractivity contribution in [3.05, 3.63) is 58.5 Å². The molecule has 3 atom stereocenters. The van der Waals surface area contributed by atoms with Crippen molar-refractivity contribution >= 4 is 15.9 Å². The van der Waals surface area contributed by atoms with E-state index < -0.39 is 6.10 Å². The van der Waals surface area contributed by atoms with E-state index in [1.165, 1.54) is 0 Å². The number of rotatable bonds is 6. The van der Waals surface area contributed by atoms with Crippen molar-refractivity contribution in [3.8, 4) is 0 Å². The van der Waals surface area contributed by atoms with Gasteiger partial charge in [0.15, 0.2) is 0 Å². The fraction of sp³-hybridized carbons (Fsp3) is 0.375. The number of halogens is 1. The average Bonchev–Trinajstić information content (AvgIpc) is 2.86. The van der Waals surface area contributed by atoms with Gasteiger partial charge in [0.05, 0.1) is 22.9 Å². The van der Waals surface area contributed by atoms with Gasteiger partial charge in [0.25, 0.3) is 0 Å². The topological polar surface area (TPSA) is 45.4 Å². The third-order valence-electron chi connectivity index (χ3n) is 3.42. The van der Waals surface area contributed by atoms with Gasteiger partial charge < -0.3 is 14.8 Å². The van der Waals surface area contributed by atoms with Gasteiger partial charge in [-0.1, -0.05) is 30.3 Å². The highest BCUT2D eigenvalue weighted by molar-refractivity contribution is 9.10. The van der Waals surface area contributed by atoms with Crippen LogP contribution in [0.15, 0.2) is 51.6 Å². The predicted octanol–water partition coefficient (Wildman–Crippen LogP) is 3.68.